The van der Waals surface area contributed by atoms with E-state index in [1.54, 1.807) is 13.8 Å². The zero-order valence-corrected chi connectivity index (χ0v) is 15.1. The average Bonchev–Trinajstić information content (AvgIpc) is 2.62. The van der Waals surface area contributed by atoms with Crippen molar-refractivity contribution in [2.75, 3.05) is 52.9 Å². The molecule has 0 aliphatic heterocycles. The van der Waals surface area contributed by atoms with E-state index in [1.165, 1.54) is 0 Å². The van der Waals surface area contributed by atoms with Crippen molar-refractivity contribution in [2.45, 2.75) is 39.5 Å². The molecule has 0 amide bonds. The van der Waals surface area contributed by atoms with Gasteiger partial charge in [-0.3, -0.25) is 0 Å². The van der Waals surface area contributed by atoms with Crippen LogP contribution in [0.2, 0.25) is 0 Å². The summed E-state index contributed by atoms with van der Waals surface area (Å²) in [5.74, 6) is 0. The van der Waals surface area contributed by atoms with Crippen LogP contribution in [0.15, 0.2) is 0 Å². The molecule has 24 heavy (non-hydrogen) atoms. The molecule has 0 atom stereocenters. The van der Waals surface area contributed by atoms with Crippen molar-refractivity contribution in [3.8, 4) is 0 Å². The van der Waals surface area contributed by atoms with E-state index in [2.05, 4.69) is 0 Å². The van der Waals surface area contributed by atoms with Crippen molar-refractivity contribution in [2.24, 2.45) is 10.8 Å². The third-order valence-corrected chi connectivity index (χ3v) is 3.26. The second-order valence-electron chi connectivity index (χ2n) is 6.47. The van der Waals surface area contributed by atoms with Crippen molar-refractivity contribution in [3.05, 3.63) is 0 Å². The largest absolute Gasteiger partial charge is 0.396 e. The zero-order valence-electron chi connectivity index (χ0n) is 15.1. The van der Waals surface area contributed by atoms with E-state index in [4.69, 9.17) is 40.9 Å². The molecule has 150 valence electrons. The molecule has 0 rings (SSSR count). The third kappa shape index (κ3) is 18.0. The molecule has 0 saturated heterocycles. The standard InChI is InChI=1S/C6H14O2.C5H12O4.C5H12O2/c7-5-3-1-2-4-6-8;6-1-5(2-7,3-8)4-9;1-5(2,3-6)4-7/h7-8H,1-6H2;6-9H,1-4H2;6-7H,3-4H2,1-2H3. The Morgan fingerprint density at radius 3 is 0.833 bits per heavy atom. The predicted molar refractivity (Wildman–Crippen MR) is 91.4 cm³/mol. The molecule has 0 radical (unpaired) electrons. The summed E-state index contributed by atoms with van der Waals surface area (Å²) >= 11 is 0. The highest BCUT2D eigenvalue weighted by Gasteiger charge is 2.26. The number of aliphatic hydroxyl groups is 8. The Morgan fingerprint density at radius 2 is 0.750 bits per heavy atom. The van der Waals surface area contributed by atoms with Gasteiger partial charge in [0.05, 0.1) is 45.1 Å². The maximum Gasteiger partial charge on any atom is 0.0627 e. The molecule has 8 heteroatoms. The summed E-state index contributed by atoms with van der Waals surface area (Å²) < 4.78 is 0. The van der Waals surface area contributed by atoms with Crippen LogP contribution < -0.4 is 0 Å². The smallest absolute Gasteiger partial charge is 0.0627 e. The van der Waals surface area contributed by atoms with Crippen LogP contribution in [0.3, 0.4) is 0 Å². The van der Waals surface area contributed by atoms with Gasteiger partial charge in [0.1, 0.15) is 0 Å². The molecule has 0 aliphatic carbocycles. The second kappa shape index (κ2) is 19.0. The highest BCUT2D eigenvalue weighted by atomic mass is 16.3. The van der Waals surface area contributed by atoms with Crippen LogP contribution in [0.5, 0.6) is 0 Å². The normalized spacial score (nSPS) is 11.2. The van der Waals surface area contributed by atoms with Crippen molar-refractivity contribution < 1.29 is 40.9 Å². The molecule has 0 aromatic rings. The fraction of sp³-hybridized carbons (Fsp3) is 1.00. The summed E-state index contributed by atoms with van der Waals surface area (Å²) in [7, 11) is 0. The summed E-state index contributed by atoms with van der Waals surface area (Å²) in [4.78, 5) is 0. The lowest BCUT2D eigenvalue weighted by Gasteiger charge is -2.23. The monoisotopic (exact) mass is 358 g/mol. The molecule has 8 nitrogen and oxygen atoms in total. The van der Waals surface area contributed by atoms with Crippen LogP contribution in [-0.2, 0) is 0 Å². The fourth-order valence-corrected chi connectivity index (χ4v) is 0.927. The van der Waals surface area contributed by atoms with Gasteiger partial charge >= 0.3 is 0 Å². The Balaban J connectivity index is -0.000000278. The van der Waals surface area contributed by atoms with E-state index in [0.29, 0.717) is 0 Å². The Morgan fingerprint density at radius 1 is 0.458 bits per heavy atom. The van der Waals surface area contributed by atoms with Gasteiger partial charge in [0, 0.05) is 18.6 Å². The van der Waals surface area contributed by atoms with Crippen LogP contribution in [0, 0.1) is 10.8 Å². The Kier molecular flexibility index (Phi) is 22.6. The first-order valence-corrected chi connectivity index (χ1v) is 8.15. The highest BCUT2D eigenvalue weighted by Crippen LogP contribution is 2.12. The van der Waals surface area contributed by atoms with Gasteiger partial charge in [-0.25, -0.2) is 0 Å². The summed E-state index contributed by atoms with van der Waals surface area (Å²) in [5, 5.41) is 67.5. The second-order valence-corrected chi connectivity index (χ2v) is 6.47. The van der Waals surface area contributed by atoms with Crippen LogP contribution in [0.1, 0.15) is 39.5 Å². The number of unbranched alkanes of at least 4 members (excludes halogenated alkanes) is 3. The Labute approximate surface area is 145 Å². The molecule has 8 N–H and O–H groups in total. The van der Waals surface area contributed by atoms with Crippen LogP contribution in [-0.4, -0.2) is 93.7 Å². The van der Waals surface area contributed by atoms with E-state index in [9.17, 15) is 0 Å². The van der Waals surface area contributed by atoms with E-state index in [0.717, 1.165) is 25.7 Å². The molecule has 0 unspecified atom stereocenters. The summed E-state index contributed by atoms with van der Waals surface area (Å²) in [5.41, 5.74) is -1.42. The molecule has 0 saturated carbocycles. The molecule has 0 bridgehead atoms. The van der Waals surface area contributed by atoms with Gasteiger partial charge in [0.2, 0.25) is 0 Å². The number of hydrogen-bond acceptors (Lipinski definition) is 8. The van der Waals surface area contributed by atoms with Crippen molar-refractivity contribution in [1.29, 1.82) is 0 Å². The molecule has 0 aliphatic rings. The van der Waals surface area contributed by atoms with Gasteiger partial charge in [-0.1, -0.05) is 26.7 Å². The minimum atomic E-state index is -1.11. The molecular formula is C16H38O8. The van der Waals surface area contributed by atoms with Crippen LogP contribution in [0.4, 0.5) is 0 Å². The van der Waals surface area contributed by atoms with Gasteiger partial charge in [-0.2, -0.15) is 0 Å². The first-order valence-electron chi connectivity index (χ1n) is 8.15. The maximum absolute atomic E-state index is 8.50. The van der Waals surface area contributed by atoms with Crippen molar-refractivity contribution in [3.63, 3.8) is 0 Å². The minimum Gasteiger partial charge on any atom is -0.396 e. The van der Waals surface area contributed by atoms with Crippen LogP contribution in [0.25, 0.3) is 0 Å². The van der Waals surface area contributed by atoms with Gasteiger partial charge in [-0.05, 0) is 12.8 Å². The minimum absolute atomic E-state index is 0.0451. The van der Waals surface area contributed by atoms with Crippen molar-refractivity contribution in [1.82, 2.24) is 0 Å². The molecular weight excluding hydrogens is 320 g/mol. The lowest BCUT2D eigenvalue weighted by molar-refractivity contribution is -0.0328. The van der Waals surface area contributed by atoms with E-state index >= 15 is 0 Å². The van der Waals surface area contributed by atoms with Gasteiger partial charge < -0.3 is 40.9 Å². The highest BCUT2D eigenvalue weighted by molar-refractivity contribution is 4.74. The van der Waals surface area contributed by atoms with E-state index in [-0.39, 0.29) is 31.8 Å². The lowest BCUT2D eigenvalue weighted by Crippen LogP contribution is -2.37. The predicted octanol–water partition coefficient (Wildman–Crippen LogP) is -1.53. The molecule has 0 fully saturated rings. The van der Waals surface area contributed by atoms with Gasteiger partial charge in [-0.15, -0.1) is 0 Å². The first-order chi connectivity index (χ1) is 11.3. The van der Waals surface area contributed by atoms with Gasteiger partial charge in [0.15, 0.2) is 0 Å². The van der Waals surface area contributed by atoms with E-state index < -0.39 is 31.8 Å². The van der Waals surface area contributed by atoms with Gasteiger partial charge in [0.25, 0.3) is 0 Å². The third-order valence-electron chi connectivity index (χ3n) is 3.26. The molecule has 0 heterocycles. The summed E-state index contributed by atoms with van der Waals surface area (Å²) in [6.45, 7) is 2.63. The first kappa shape index (κ1) is 28.5. The number of aliphatic hydroxyl groups excluding tert-OH is 8. The van der Waals surface area contributed by atoms with E-state index in [1.807, 2.05) is 0 Å². The zero-order chi connectivity index (χ0) is 19.5. The Bertz CT molecular complexity index is 203. The summed E-state index contributed by atoms with van der Waals surface area (Å²) in [6, 6.07) is 0. The SMILES string of the molecule is CC(C)(CO)CO.OCC(CO)(CO)CO.OCCCCCCO. The number of rotatable bonds is 11. The Hall–Kier alpha value is -0.320. The quantitative estimate of drug-likeness (QED) is 0.206. The molecule has 0 aromatic heterocycles. The number of hydrogen-bond donors (Lipinski definition) is 8. The van der Waals surface area contributed by atoms with Crippen molar-refractivity contribution >= 4 is 0 Å². The molecule has 0 spiro atoms. The summed E-state index contributed by atoms with van der Waals surface area (Å²) in [6.07, 6.45) is 3.83. The fourth-order valence-electron chi connectivity index (χ4n) is 0.927. The average molecular weight is 358 g/mol. The topological polar surface area (TPSA) is 162 Å². The lowest BCUT2D eigenvalue weighted by atomic mass is 9.93. The van der Waals surface area contributed by atoms with Crippen LogP contribution >= 0.6 is 0 Å². The maximum atomic E-state index is 8.50. The molecule has 0 aromatic carbocycles.